The minimum Gasteiger partial charge on any atom is -0.508 e. The second-order valence-corrected chi connectivity index (χ2v) is 12.2. The number of hydrazine groups is 1. The Morgan fingerprint density at radius 2 is 1.62 bits per heavy atom. The van der Waals surface area contributed by atoms with E-state index in [4.69, 9.17) is 17.3 Å². The van der Waals surface area contributed by atoms with Gasteiger partial charge in [-0.3, -0.25) is 24.6 Å². The lowest BCUT2D eigenvalue weighted by Gasteiger charge is -2.50. The lowest BCUT2D eigenvalue weighted by molar-refractivity contribution is -0.139. The minimum atomic E-state index is -1.63. The highest BCUT2D eigenvalue weighted by Gasteiger charge is 2.70. The molecule has 7 rings (SSSR count). The zero-order valence-corrected chi connectivity index (χ0v) is 24.3. The maximum Gasteiger partial charge on any atom is 0.328 e. The number of benzene rings is 3. The fraction of sp³-hybridized carbons (Fsp3) is 0.242. The number of imide groups is 4. The highest BCUT2D eigenvalue weighted by atomic mass is 35.5. The van der Waals surface area contributed by atoms with Crippen LogP contribution in [0.25, 0.3) is 0 Å². The van der Waals surface area contributed by atoms with E-state index in [0.29, 0.717) is 26.6 Å². The molecule has 4 N–H and O–H groups in total. The smallest absolute Gasteiger partial charge is 0.328 e. The highest BCUT2D eigenvalue weighted by Crippen LogP contribution is 2.64. The summed E-state index contributed by atoms with van der Waals surface area (Å²) in [6.45, 7) is 0. The lowest BCUT2D eigenvalue weighted by atomic mass is 9.49. The summed E-state index contributed by atoms with van der Waals surface area (Å²) in [4.78, 5) is 68.8. The molecule has 3 aromatic carbocycles. The highest BCUT2D eigenvalue weighted by molar-refractivity contribution is 6.30. The Balaban J connectivity index is 1.46. The van der Waals surface area contributed by atoms with Gasteiger partial charge >= 0.3 is 6.03 Å². The first-order valence-electron chi connectivity index (χ1n) is 14.4. The summed E-state index contributed by atoms with van der Waals surface area (Å²) in [5.74, 6) is -7.96. The van der Waals surface area contributed by atoms with E-state index in [-0.39, 0.29) is 24.3 Å². The van der Waals surface area contributed by atoms with Crippen molar-refractivity contribution in [3.8, 4) is 5.75 Å². The number of carbonyl (C=O) groups is 5. The van der Waals surface area contributed by atoms with Crippen molar-refractivity contribution in [2.45, 2.75) is 24.2 Å². The van der Waals surface area contributed by atoms with Gasteiger partial charge in [-0.05, 0) is 66.8 Å². The number of nitrogens with one attached hydrogen (secondary N) is 1. The largest absolute Gasteiger partial charge is 0.508 e. The molecular formula is C33H26ClFN4O6. The Hall–Kier alpha value is -5.03. The van der Waals surface area contributed by atoms with Crippen LogP contribution in [-0.4, -0.2) is 44.7 Å². The first kappa shape index (κ1) is 28.7. The number of phenols is 1. The summed E-state index contributed by atoms with van der Waals surface area (Å²) < 4.78 is 13.7. The number of hydrogen-bond donors (Lipinski definition) is 3. The van der Waals surface area contributed by atoms with Gasteiger partial charge in [0, 0.05) is 16.5 Å². The zero-order chi connectivity index (χ0) is 31.8. The maximum atomic E-state index is 14.9. The molecule has 2 aliphatic heterocycles. The average molecular weight is 629 g/mol. The van der Waals surface area contributed by atoms with Crippen LogP contribution < -0.4 is 11.2 Å². The normalized spacial score (nSPS) is 28.8. The molecule has 0 spiro atoms. The molecule has 45 heavy (non-hydrogen) atoms. The van der Waals surface area contributed by atoms with Crippen molar-refractivity contribution in [2.24, 2.45) is 29.4 Å². The molecule has 12 heteroatoms. The van der Waals surface area contributed by atoms with Gasteiger partial charge in [-0.2, -0.15) is 9.91 Å². The Labute approximate surface area is 261 Å². The fourth-order valence-corrected chi connectivity index (χ4v) is 8.07. The molecule has 1 saturated carbocycles. The van der Waals surface area contributed by atoms with E-state index >= 15 is 0 Å². The first-order valence-corrected chi connectivity index (χ1v) is 14.7. The van der Waals surface area contributed by atoms with E-state index in [1.54, 1.807) is 48.5 Å². The number of aromatic hydroxyl groups is 1. The zero-order valence-electron chi connectivity index (χ0n) is 23.5. The van der Waals surface area contributed by atoms with Crippen LogP contribution in [0.2, 0.25) is 5.02 Å². The number of para-hydroxylation sites is 1. The number of phenolic OH excluding ortho intramolecular Hbond substituents is 1. The van der Waals surface area contributed by atoms with Gasteiger partial charge < -0.3 is 10.8 Å². The van der Waals surface area contributed by atoms with E-state index < -0.39 is 70.5 Å². The number of amides is 6. The number of nitrogens with zero attached hydrogens (tertiary/aromatic N) is 2. The van der Waals surface area contributed by atoms with Crippen molar-refractivity contribution in [3.05, 3.63) is 106 Å². The molecule has 2 aliphatic carbocycles. The molecule has 6 atom stereocenters. The third-order valence-electron chi connectivity index (χ3n) is 9.72. The predicted octanol–water partition coefficient (Wildman–Crippen LogP) is 4.25. The summed E-state index contributed by atoms with van der Waals surface area (Å²) in [5.41, 5.74) is 8.34. The molecule has 3 fully saturated rings. The lowest BCUT2D eigenvalue weighted by Crippen LogP contribution is -2.53. The van der Waals surface area contributed by atoms with Crippen molar-refractivity contribution in [3.63, 3.8) is 0 Å². The Kier molecular flexibility index (Phi) is 6.55. The molecule has 10 nitrogen and oxygen atoms in total. The topological polar surface area (TPSA) is 150 Å². The SMILES string of the molecule is NC(=O)N1C(=O)[C@H]2[C@H](CC=C3[C@H]2C[C@H]2C(=O)N(Nc4ccc(F)cc4)C(=O)[C@@]2(c2ccc(Cl)cc2)[C@H]3c2ccccc2O)C1=O. The van der Waals surface area contributed by atoms with Gasteiger partial charge in [0.15, 0.2) is 0 Å². The maximum absolute atomic E-state index is 14.9. The number of allylic oxidation sites excluding steroid dienone is 2. The monoisotopic (exact) mass is 628 g/mol. The average Bonchev–Trinajstić information content (AvgIpc) is 3.40. The van der Waals surface area contributed by atoms with Gasteiger partial charge in [0.25, 0.3) is 11.8 Å². The number of primary amides is 1. The van der Waals surface area contributed by atoms with Gasteiger partial charge in [-0.15, -0.1) is 0 Å². The predicted molar refractivity (Wildman–Crippen MR) is 159 cm³/mol. The molecule has 3 aromatic rings. The Morgan fingerprint density at radius 3 is 2.29 bits per heavy atom. The summed E-state index contributed by atoms with van der Waals surface area (Å²) in [7, 11) is 0. The van der Waals surface area contributed by atoms with E-state index in [1.165, 1.54) is 30.3 Å². The van der Waals surface area contributed by atoms with Crippen molar-refractivity contribution in [1.82, 2.24) is 9.91 Å². The van der Waals surface area contributed by atoms with Crippen molar-refractivity contribution < 1.29 is 33.5 Å². The number of urea groups is 1. The van der Waals surface area contributed by atoms with E-state index in [0.717, 1.165) is 5.01 Å². The number of hydrogen-bond acceptors (Lipinski definition) is 7. The molecular weight excluding hydrogens is 603 g/mol. The summed E-state index contributed by atoms with van der Waals surface area (Å²) in [5, 5.41) is 12.6. The van der Waals surface area contributed by atoms with Crippen LogP contribution in [0.15, 0.2) is 84.4 Å². The second kappa shape index (κ2) is 10.3. The molecule has 0 unspecified atom stereocenters. The van der Waals surface area contributed by atoms with Crippen LogP contribution in [0.3, 0.4) is 0 Å². The summed E-state index contributed by atoms with van der Waals surface area (Å²) >= 11 is 6.26. The number of anilines is 1. The van der Waals surface area contributed by atoms with Crippen LogP contribution in [0.4, 0.5) is 14.9 Å². The fourth-order valence-electron chi connectivity index (χ4n) is 7.95. The quantitative estimate of drug-likeness (QED) is 0.289. The Morgan fingerprint density at radius 1 is 0.933 bits per heavy atom. The molecule has 0 bridgehead atoms. The summed E-state index contributed by atoms with van der Waals surface area (Å²) in [6.07, 6.45) is 1.87. The number of carbonyl (C=O) groups excluding carboxylic acids is 5. The van der Waals surface area contributed by atoms with Gasteiger partial charge in [-0.25, -0.2) is 9.18 Å². The number of likely N-dealkylation sites (tertiary alicyclic amines) is 1. The van der Waals surface area contributed by atoms with E-state index in [9.17, 15) is 33.5 Å². The van der Waals surface area contributed by atoms with Crippen LogP contribution in [0.1, 0.15) is 29.9 Å². The van der Waals surface area contributed by atoms with Crippen molar-refractivity contribution >= 4 is 46.9 Å². The molecule has 6 amide bonds. The molecule has 2 heterocycles. The van der Waals surface area contributed by atoms with Crippen molar-refractivity contribution in [2.75, 3.05) is 5.43 Å². The van der Waals surface area contributed by atoms with Crippen LogP contribution in [0, 0.1) is 29.5 Å². The summed E-state index contributed by atoms with van der Waals surface area (Å²) in [6, 6.07) is 17.0. The van der Waals surface area contributed by atoms with Crippen LogP contribution >= 0.6 is 11.6 Å². The molecule has 4 aliphatic rings. The van der Waals surface area contributed by atoms with Gasteiger partial charge in [0.1, 0.15) is 11.6 Å². The second-order valence-electron chi connectivity index (χ2n) is 11.8. The number of halogens is 2. The van der Waals surface area contributed by atoms with Gasteiger partial charge in [-0.1, -0.05) is 53.6 Å². The molecule has 0 radical (unpaired) electrons. The Bertz CT molecular complexity index is 1830. The van der Waals surface area contributed by atoms with Crippen LogP contribution in [0.5, 0.6) is 5.75 Å². The van der Waals surface area contributed by atoms with Gasteiger partial charge in [0.2, 0.25) is 11.8 Å². The third kappa shape index (κ3) is 4.03. The third-order valence-corrected chi connectivity index (χ3v) is 9.98. The molecule has 228 valence electrons. The van der Waals surface area contributed by atoms with Crippen LogP contribution in [-0.2, 0) is 24.6 Å². The first-order chi connectivity index (χ1) is 21.5. The minimum absolute atomic E-state index is 0.0164. The van der Waals surface area contributed by atoms with E-state index in [2.05, 4.69) is 5.43 Å². The number of fused-ring (bicyclic) bond motifs is 4. The van der Waals surface area contributed by atoms with Crippen molar-refractivity contribution in [1.29, 1.82) is 0 Å². The molecule has 2 saturated heterocycles. The van der Waals surface area contributed by atoms with Gasteiger partial charge in [0.05, 0.1) is 28.9 Å². The standard InChI is InChI=1S/C33H26ClFN4O6/c34-17-7-5-16(6-8-17)33-24(29(42)39(31(33)44)37-19-11-9-18(35)10-12-19)15-23-20(27(33)21-3-1-2-4-25(21)40)13-14-22-26(23)30(43)38(28(22)41)32(36)45/h1-13,22-24,26-27,37,40H,14-15H2,(H2,36,45)/t22-,23+,24-,26-,27+,33+/m0/s1. The number of rotatable bonds is 4. The van der Waals surface area contributed by atoms with E-state index in [1.807, 2.05) is 0 Å². The number of nitrogens with two attached hydrogens (primary N) is 1. The molecule has 0 aromatic heterocycles.